The van der Waals surface area contributed by atoms with Gasteiger partial charge < -0.3 is 24.1 Å². The van der Waals surface area contributed by atoms with Gasteiger partial charge in [0.15, 0.2) is 0 Å². The van der Waals surface area contributed by atoms with Crippen LogP contribution in [0.25, 0.3) is 0 Å². The highest BCUT2D eigenvalue weighted by molar-refractivity contribution is 5.27. The number of allylic oxidation sites excluding steroid dienone is 1. The van der Waals surface area contributed by atoms with Crippen molar-refractivity contribution in [1.82, 2.24) is 0 Å². The number of aliphatic hydroxyl groups is 1. The van der Waals surface area contributed by atoms with Crippen LogP contribution in [0.1, 0.15) is 37.3 Å². The molecule has 0 radical (unpaired) electrons. The Hall–Kier alpha value is -2.60. The number of benzene rings is 2. The maximum Gasteiger partial charge on any atom is 0.118 e. The van der Waals surface area contributed by atoms with Crippen molar-refractivity contribution in [3.63, 3.8) is 0 Å². The molecule has 4 atom stereocenters. The highest BCUT2D eigenvalue weighted by Crippen LogP contribution is 2.31. The molecule has 0 spiro atoms. The SMILES string of the molecule is CCCC/C=C/[C@@H]1C=C[C@H](COCc2ccc(OC)cc2)[C@H](COCc2ccc(OC)cc2)[C@@H]1O. The lowest BCUT2D eigenvalue weighted by atomic mass is 9.77. The first-order valence-electron chi connectivity index (χ1n) is 12.6. The zero-order valence-electron chi connectivity index (χ0n) is 21.3. The average Bonchev–Trinajstić information content (AvgIpc) is 2.90. The molecular weight excluding hydrogens is 440 g/mol. The maximum absolute atomic E-state index is 11.2. The summed E-state index contributed by atoms with van der Waals surface area (Å²) in [5.41, 5.74) is 2.17. The summed E-state index contributed by atoms with van der Waals surface area (Å²) in [5, 5.41) is 11.2. The largest absolute Gasteiger partial charge is 0.497 e. The molecule has 0 aliphatic heterocycles. The summed E-state index contributed by atoms with van der Waals surface area (Å²) in [6, 6.07) is 15.8. The Labute approximate surface area is 210 Å². The van der Waals surface area contributed by atoms with Gasteiger partial charge in [-0.3, -0.25) is 0 Å². The molecule has 0 bridgehead atoms. The highest BCUT2D eigenvalue weighted by atomic mass is 16.5. The Bertz CT molecular complexity index is 903. The zero-order valence-corrected chi connectivity index (χ0v) is 21.3. The van der Waals surface area contributed by atoms with Crippen molar-refractivity contribution in [2.24, 2.45) is 17.8 Å². The topological polar surface area (TPSA) is 57.2 Å². The minimum Gasteiger partial charge on any atom is -0.497 e. The third-order valence-electron chi connectivity index (χ3n) is 6.52. The van der Waals surface area contributed by atoms with E-state index in [-0.39, 0.29) is 17.8 Å². The molecule has 0 heterocycles. The average molecular weight is 481 g/mol. The first-order chi connectivity index (χ1) is 17.1. The molecule has 0 amide bonds. The summed E-state index contributed by atoms with van der Waals surface area (Å²) < 4.78 is 22.6. The minimum atomic E-state index is -0.511. The summed E-state index contributed by atoms with van der Waals surface area (Å²) >= 11 is 0. The molecule has 0 saturated carbocycles. The number of hydrogen-bond acceptors (Lipinski definition) is 5. The Morgan fingerprint density at radius 2 is 1.37 bits per heavy atom. The van der Waals surface area contributed by atoms with Gasteiger partial charge in [0, 0.05) is 17.8 Å². The smallest absolute Gasteiger partial charge is 0.118 e. The Morgan fingerprint density at radius 1 is 0.800 bits per heavy atom. The third kappa shape index (κ3) is 8.53. The molecular formula is C30H40O5. The van der Waals surface area contributed by atoms with E-state index in [1.807, 2.05) is 48.5 Å². The second kappa shape index (κ2) is 14.7. The number of rotatable bonds is 14. The molecule has 0 saturated heterocycles. The van der Waals surface area contributed by atoms with Crippen molar-refractivity contribution in [2.75, 3.05) is 27.4 Å². The van der Waals surface area contributed by atoms with Gasteiger partial charge >= 0.3 is 0 Å². The third-order valence-corrected chi connectivity index (χ3v) is 6.52. The van der Waals surface area contributed by atoms with Crippen LogP contribution >= 0.6 is 0 Å². The molecule has 190 valence electrons. The van der Waals surface area contributed by atoms with Gasteiger partial charge in [-0.15, -0.1) is 0 Å². The van der Waals surface area contributed by atoms with E-state index in [9.17, 15) is 5.11 Å². The summed E-state index contributed by atoms with van der Waals surface area (Å²) in [5.74, 6) is 1.70. The monoisotopic (exact) mass is 480 g/mol. The summed E-state index contributed by atoms with van der Waals surface area (Å²) in [4.78, 5) is 0. The van der Waals surface area contributed by atoms with Gasteiger partial charge in [0.25, 0.3) is 0 Å². The first kappa shape index (κ1) is 27.0. The molecule has 35 heavy (non-hydrogen) atoms. The molecule has 2 aromatic carbocycles. The van der Waals surface area contributed by atoms with Crippen LogP contribution in [-0.4, -0.2) is 38.6 Å². The van der Waals surface area contributed by atoms with Crippen molar-refractivity contribution in [1.29, 1.82) is 0 Å². The molecule has 1 aliphatic rings. The molecule has 0 fully saturated rings. The molecule has 1 N–H and O–H groups in total. The quantitative estimate of drug-likeness (QED) is 0.267. The lowest BCUT2D eigenvalue weighted by Crippen LogP contribution is -2.40. The molecule has 2 aromatic rings. The second-order valence-electron chi connectivity index (χ2n) is 9.08. The first-order valence-corrected chi connectivity index (χ1v) is 12.6. The molecule has 3 rings (SSSR count). The van der Waals surface area contributed by atoms with Crippen LogP contribution in [0.5, 0.6) is 11.5 Å². The fourth-order valence-corrected chi connectivity index (χ4v) is 4.29. The molecule has 0 aromatic heterocycles. The fraction of sp³-hybridized carbons (Fsp3) is 0.467. The number of methoxy groups -OCH3 is 2. The van der Waals surface area contributed by atoms with E-state index in [1.165, 1.54) is 12.8 Å². The van der Waals surface area contributed by atoms with Gasteiger partial charge in [-0.2, -0.15) is 0 Å². The van der Waals surface area contributed by atoms with E-state index >= 15 is 0 Å². The van der Waals surface area contributed by atoms with E-state index < -0.39 is 6.10 Å². The fourth-order valence-electron chi connectivity index (χ4n) is 4.29. The summed E-state index contributed by atoms with van der Waals surface area (Å²) in [6.07, 6.45) is 11.5. The van der Waals surface area contributed by atoms with Crippen LogP contribution in [0.4, 0.5) is 0 Å². The van der Waals surface area contributed by atoms with E-state index in [0.29, 0.717) is 26.4 Å². The van der Waals surface area contributed by atoms with Crippen molar-refractivity contribution < 1.29 is 24.1 Å². The van der Waals surface area contributed by atoms with E-state index in [0.717, 1.165) is 29.0 Å². The van der Waals surface area contributed by atoms with Gasteiger partial charge in [0.1, 0.15) is 11.5 Å². The number of unbranched alkanes of at least 4 members (excludes halogenated alkanes) is 2. The van der Waals surface area contributed by atoms with Gasteiger partial charge in [-0.05, 0) is 41.8 Å². The summed E-state index contributed by atoms with van der Waals surface area (Å²) in [6.45, 7) is 4.20. The number of ether oxygens (including phenoxy) is 4. The van der Waals surface area contributed by atoms with Crippen molar-refractivity contribution >= 4 is 0 Å². The van der Waals surface area contributed by atoms with Crippen LogP contribution in [0.2, 0.25) is 0 Å². The standard InChI is InChI=1S/C30H40O5/c1-4-5-6-7-8-25-13-14-26(21-34-19-23-9-15-27(32-2)16-10-23)29(30(25)31)22-35-20-24-11-17-28(33-3)18-12-24/h7-18,25-26,29-31H,4-6,19-22H2,1-3H3/b8-7+/t25-,26-,29+,30-/m1/s1. The van der Waals surface area contributed by atoms with Crippen LogP contribution in [0, 0.1) is 17.8 Å². The Kier molecular flexibility index (Phi) is 11.4. The van der Waals surface area contributed by atoms with Gasteiger partial charge in [-0.25, -0.2) is 0 Å². The number of hydrogen-bond donors (Lipinski definition) is 1. The van der Waals surface area contributed by atoms with E-state index in [2.05, 4.69) is 31.2 Å². The van der Waals surface area contributed by atoms with Crippen molar-refractivity contribution in [3.8, 4) is 11.5 Å². The normalized spacial score (nSPS) is 21.9. The van der Waals surface area contributed by atoms with Crippen molar-refractivity contribution in [3.05, 3.63) is 84.0 Å². The molecule has 5 nitrogen and oxygen atoms in total. The van der Waals surface area contributed by atoms with Crippen LogP contribution < -0.4 is 9.47 Å². The minimum absolute atomic E-state index is 0.000666. The van der Waals surface area contributed by atoms with Gasteiger partial charge in [0.05, 0.1) is 46.8 Å². The zero-order chi connectivity index (χ0) is 24.9. The van der Waals surface area contributed by atoms with Crippen LogP contribution in [-0.2, 0) is 22.7 Å². The molecule has 0 unspecified atom stereocenters. The van der Waals surface area contributed by atoms with Crippen LogP contribution in [0.3, 0.4) is 0 Å². The van der Waals surface area contributed by atoms with Crippen molar-refractivity contribution in [2.45, 2.75) is 45.5 Å². The molecule has 1 aliphatic carbocycles. The molecule has 5 heteroatoms. The number of aliphatic hydroxyl groups excluding tert-OH is 1. The van der Waals surface area contributed by atoms with E-state index in [1.54, 1.807) is 14.2 Å². The lowest BCUT2D eigenvalue weighted by molar-refractivity contribution is -0.0345. The van der Waals surface area contributed by atoms with E-state index in [4.69, 9.17) is 18.9 Å². The predicted octanol–water partition coefficient (Wildman–Crippen LogP) is 5.96. The summed E-state index contributed by atoms with van der Waals surface area (Å²) in [7, 11) is 3.32. The van der Waals surface area contributed by atoms with Gasteiger partial charge in [-0.1, -0.05) is 68.3 Å². The predicted molar refractivity (Wildman–Crippen MR) is 140 cm³/mol. The second-order valence-corrected chi connectivity index (χ2v) is 9.08. The Morgan fingerprint density at radius 3 is 1.91 bits per heavy atom. The maximum atomic E-state index is 11.2. The van der Waals surface area contributed by atoms with Gasteiger partial charge in [0.2, 0.25) is 0 Å². The Balaban J connectivity index is 1.59. The lowest BCUT2D eigenvalue weighted by Gasteiger charge is -2.35. The van der Waals surface area contributed by atoms with Crippen LogP contribution in [0.15, 0.2) is 72.8 Å². The highest BCUT2D eigenvalue weighted by Gasteiger charge is 2.34.